The molecule has 0 aliphatic heterocycles. The summed E-state index contributed by atoms with van der Waals surface area (Å²) in [6.45, 7) is 4.07. The van der Waals surface area contributed by atoms with Gasteiger partial charge in [-0.05, 0) is 25.5 Å². The van der Waals surface area contributed by atoms with E-state index in [0.29, 0.717) is 0 Å². The Labute approximate surface area is 71.3 Å². The van der Waals surface area contributed by atoms with Gasteiger partial charge in [0.2, 0.25) is 0 Å². The molecule has 1 nitrogen and oxygen atoms in total. The van der Waals surface area contributed by atoms with Gasteiger partial charge in [-0.15, -0.1) is 11.3 Å². The van der Waals surface area contributed by atoms with E-state index in [1.54, 1.807) is 11.3 Å². The number of rotatable bonds is 2. The zero-order valence-corrected chi connectivity index (χ0v) is 7.61. The average molecular weight is 165 g/mol. The van der Waals surface area contributed by atoms with Crippen molar-refractivity contribution in [3.8, 4) is 6.07 Å². The van der Waals surface area contributed by atoms with Crippen molar-refractivity contribution in [1.29, 1.82) is 5.26 Å². The number of nitrogens with zero attached hydrogens (tertiary/aromatic N) is 1. The third kappa shape index (κ3) is 1.81. The molecule has 0 saturated heterocycles. The molecule has 1 heterocycles. The van der Waals surface area contributed by atoms with Gasteiger partial charge in [0.25, 0.3) is 0 Å². The van der Waals surface area contributed by atoms with Gasteiger partial charge in [0.15, 0.2) is 0 Å². The van der Waals surface area contributed by atoms with Crippen LogP contribution in [-0.4, -0.2) is 0 Å². The first kappa shape index (κ1) is 8.29. The van der Waals surface area contributed by atoms with E-state index in [1.807, 2.05) is 6.92 Å². The van der Waals surface area contributed by atoms with Crippen molar-refractivity contribution in [2.24, 2.45) is 0 Å². The van der Waals surface area contributed by atoms with E-state index in [4.69, 9.17) is 5.26 Å². The first-order chi connectivity index (χ1) is 5.27. The van der Waals surface area contributed by atoms with Crippen LogP contribution in [0.4, 0.5) is 0 Å². The molecule has 0 aromatic carbocycles. The van der Waals surface area contributed by atoms with E-state index < -0.39 is 0 Å². The highest BCUT2D eigenvalue weighted by atomic mass is 32.1. The summed E-state index contributed by atoms with van der Waals surface area (Å²) < 4.78 is 0. The Kier molecular flexibility index (Phi) is 2.67. The molecule has 58 valence electrons. The van der Waals surface area contributed by atoms with Crippen molar-refractivity contribution >= 4 is 11.3 Å². The van der Waals surface area contributed by atoms with Crippen LogP contribution in [0, 0.1) is 11.3 Å². The molecular weight excluding hydrogens is 154 g/mol. The molecule has 0 N–H and O–H groups in total. The topological polar surface area (TPSA) is 23.8 Å². The van der Waals surface area contributed by atoms with Crippen LogP contribution in [0.25, 0.3) is 0 Å². The van der Waals surface area contributed by atoms with Crippen LogP contribution in [-0.2, 0) is 6.42 Å². The molecule has 1 aromatic rings. The molecule has 11 heavy (non-hydrogen) atoms. The zero-order valence-electron chi connectivity index (χ0n) is 6.79. The summed E-state index contributed by atoms with van der Waals surface area (Å²) in [4.78, 5) is 2.55. The molecule has 0 spiro atoms. The maximum absolute atomic E-state index is 8.63. The van der Waals surface area contributed by atoms with Crippen molar-refractivity contribution < 1.29 is 0 Å². The van der Waals surface area contributed by atoms with Crippen LogP contribution < -0.4 is 0 Å². The number of aryl methyl sites for hydroxylation is 1. The third-order valence-electron chi connectivity index (χ3n) is 1.65. The van der Waals surface area contributed by atoms with Crippen LogP contribution >= 0.6 is 11.3 Å². The highest BCUT2D eigenvalue weighted by Gasteiger charge is 2.05. The van der Waals surface area contributed by atoms with Crippen LogP contribution in [0.2, 0.25) is 0 Å². The summed E-state index contributed by atoms with van der Waals surface area (Å²) in [5, 5.41) is 8.63. The largest absolute Gasteiger partial charge is 0.198 e. The smallest absolute Gasteiger partial charge is 0.0778 e. The van der Waals surface area contributed by atoms with E-state index in [0.717, 1.165) is 6.42 Å². The van der Waals surface area contributed by atoms with Gasteiger partial charge < -0.3 is 0 Å². The van der Waals surface area contributed by atoms with E-state index >= 15 is 0 Å². The summed E-state index contributed by atoms with van der Waals surface area (Å²) in [6.07, 6.45) is 1.07. The molecule has 1 unspecified atom stereocenters. The normalized spacial score (nSPS) is 12.5. The van der Waals surface area contributed by atoms with Crippen molar-refractivity contribution in [2.45, 2.75) is 26.2 Å². The Bertz CT molecular complexity index is 269. The molecule has 0 saturated carbocycles. The van der Waals surface area contributed by atoms with Crippen molar-refractivity contribution in [1.82, 2.24) is 0 Å². The number of hydrogen-bond donors (Lipinski definition) is 0. The SMILES string of the molecule is CCc1ccc(C(C)C#N)s1. The predicted molar refractivity (Wildman–Crippen MR) is 47.7 cm³/mol. The Morgan fingerprint density at radius 2 is 2.36 bits per heavy atom. The first-order valence-electron chi connectivity index (χ1n) is 3.76. The standard InChI is InChI=1S/C9H11NS/c1-3-8-4-5-9(11-8)7(2)6-10/h4-5,7H,3H2,1-2H3. The molecule has 1 atom stereocenters. The minimum absolute atomic E-state index is 0.0558. The Morgan fingerprint density at radius 3 is 2.82 bits per heavy atom. The summed E-state index contributed by atoms with van der Waals surface area (Å²) in [7, 11) is 0. The minimum atomic E-state index is 0.0558. The third-order valence-corrected chi connectivity index (χ3v) is 3.06. The van der Waals surface area contributed by atoms with Crippen molar-refractivity contribution in [3.05, 3.63) is 21.9 Å². The molecular formula is C9H11NS. The Balaban J connectivity index is 2.82. The maximum atomic E-state index is 8.63. The summed E-state index contributed by atoms with van der Waals surface area (Å²) in [5.41, 5.74) is 0. The monoisotopic (exact) mass is 165 g/mol. The Hall–Kier alpha value is -0.810. The zero-order chi connectivity index (χ0) is 8.27. The predicted octanol–water partition coefficient (Wildman–Crippen LogP) is 2.94. The van der Waals surface area contributed by atoms with E-state index in [1.165, 1.54) is 9.75 Å². The molecule has 0 aliphatic rings. The highest BCUT2D eigenvalue weighted by Crippen LogP contribution is 2.24. The number of nitriles is 1. The second kappa shape index (κ2) is 3.54. The fraction of sp³-hybridized carbons (Fsp3) is 0.444. The lowest BCUT2D eigenvalue weighted by Crippen LogP contribution is -1.81. The summed E-state index contributed by atoms with van der Waals surface area (Å²) in [5.74, 6) is 0.0558. The van der Waals surface area contributed by atoms with Crippen LogP contribution in [0.5, 0.6) is 0 Å². The lowest BCUT2D eigenvalue weighted by Gasteiger charge is -1.94. The van der Waals surface area contributed by atoms with Gasteiger partial charge >= 0.3 is 0 Å². The molecule has 0 amide bonds. The summed E-state index contributed by atoms with van der Waals surface area (Å²) in [6, 6.07) is 6.39. The molecule has 1 aromatic heterocycles. The van der Waals surface area contributed by atoms with Crippen LogP contribution in [0.15, 0.2) is 12.1 Å². The van der Waals surface area contributed by atoms with Gasteiger partial charge in [0.05, 0.1) is 12.0 Å². The molecule has 0 bridgehead atoms. The highest BCUT2D eigenvalue weighted by molar-refractivity contribution is 7.12. The van der Waals surface area contributed by atoms with Gasteiger partial charge in [0.1, 0.15) is 0 Å². The molecule has 2 heteroatoms. The lowest BCUT2D eigenvalue weighted by atomic mass is 10.2. The summed E-state index contributed by atoms with van der Waals surface area (Å²) >= 11 is 1.74. The lowest BCUT2D eigenvalue weighted by molar-refractivity contribution is 1.01. The van der Waals surface area contributed by atoms with Gasteiger partial charge in [-0.25, -0.2) is 0 Å². The van der Waals surface area contributed by atoms with Crippen molar-refractivity contribution in [2.75, 3.05) is 0 Å². The van der Waals surface area contributed by atoms with Gasteiger partial charge in [0, 0.05) is 9.75 Å². The Morgan fingerprint density at radius 1 is 1.64 bits per heavy atom. The fourth-order valence-corrected chi connectivity index (χ4v) is 1.83. The van der Waals surface area contributed by atoms with Gasteiger partial charge in [-0.1, -0.05) is 6.92 Å². The maximum Gasteiger partial charge on any atom is 0.0778 e. The van der Waals surface area contributed by atoms with Crippen LogP contribution in [0.3, 0.4) is 0 Å². The first-order valence-corrected chi connectivity index (χ1v) is 4.57. The second-order valence-electron chi connectivity index (χ2n) is 2.51. The number of hydrogen-bond acceptors (Lipinski definition) is 2. The van der Waals surface area contributed by atoms with Gasteiger partial charge in [-0.2, -0.15) is 5.26 Å². The van der Waals surface area contributed by atoms with Crippen molar-refractivity contribution in [3.63, 3.8) is 0 Å². The average Bonchev–Trinajstić information content (AvgIpc) is 2.50. The van der Waals surface area contributed by atoms with E-state index in [-0.39, 0.29) is 5.92 Å². The van der Waals surface area contributed by atoms with Crippen LogP contribution in [0.1, 0.15) is 29.5 Å². The number of thiophene rings is 1. The molecule has 0 aliphatic carbocycles. The minimum Gasteiger partial charge on any atom is -0.198 e. The molecule has 0 fully saturated rings. The quantitative estimate of drug-likeness (QED) is 0.661. The molecule has 1 rings (SSSR count). The van der Waals surface area contributed by atoms with Gasteiger partial charge in [-0.3, -0.25) is 0 Å². The second-order valence-corrected chi connectivity index (χ2v) is 3.71. The molecule has 0 radical (unpaired) electrons. The van der Waals surface area contributed by atoms with E-state index in [9.17, 15) is 0 Å². The van der Waals surface area contributed by atoms with E-state index in [2.05, 4.69) is 25.1 Å². The fourth-order valence-electron chi connectivity index (χ4n) is 0.881.